The van der Waals surface area contributed by atoms with Crippen molar-refractivity contribution < 1.29 is 23.5 Å². The molecule has 5 rings (SSSR count). The summed E-state index contributed by atoms with van der Waals surface area (Å²) >= 11 is 7.11. The van der Waals surface area contributed by atoms with Gasteiger partial charge in [-0.3, -0.25) is 14.5 Å². The van der Waals surface area contributed by atoms with E-state index in [-0.39, 0.29) is 17.9 Å². The first-order valence-electron chi connectivity index (χ1n) is 15.3. The molecule has 3 aliphatic rings. The van der Waals surface area contributed by atoms with E-state index in [1.807, 2.05) is 42.2 Å². The van der Waals surface area contributed by atoms with E-state index in [4.69, 9.17) is 26.1 Å². The summed E-state index contributed by atoms with van der Waals surface area (Å²) in [5.74, 6) is 4.94. The molecular formula is C34H43NO5S2. The van der Waals surface area contributed by atoms with Gasteiger partial charge >= 0.3 is 0 Å². The molecule has 2 aliphatic carbocycles. The molecule has 1 aromatic carbocycles. The largest absolute Gasteiger partial charge is 0.497 e. The molecule has 42 heavy (non-hydrogen) atoms. The van der Waals surface area contributed by atoms with Crippen LogP contribution in [-0.4, -0.2) is 41.2 Å². The Bertz CT molecular complexity index is 1340. The number of benzene rings is 1. The molecule has 2 bridgehead atoms. The zero-order chi connectivity index (χ0) is 30.0. The van der Waals surface area contributed by atoms with Crippen molar-refractivity contribution in [2.24, 2.45) is 23.7 Å². The van der Waals surface area contributed by atoms with Crippen LogP contribution in [0, 0.1) is 23.7 Å². The maximum absolute atomic E-state index is 13.7. The summed E-state index contributed by atoms with van der Waals surface area (Å²) in [6.45, 7) is 6.36. The molecule has 2 aromatic rings. The van der Waals surface area contributed by atoms with Crippen LogP contribution in [-0.2, 0) is 16.0 Å². The van der Waals surface area contributed by atoms with Gasteiger partial charge in [-0.25, -0.2) is 0 Å². The Labute approximate surface area is 259 Å². The van der Waals surface area contributed by atoms with Crippen LogP contribution in [0.2, 0.25) is 0 Å². The molecule has 1 aliphatic heterocycles. The number of thioether (sulfide) groups is 1. The number of Topliss-reactive ketones (excluding diaryl/α,β-unsaturated/α-hetero) is 1. The van der Waals surface area contributed by atoms with E-state index in [1.165, 1.54) is 31.0 Å². The average Bonchev–Trinajstić information content (AvgIpc) is 3.75. The molecule has 1 aromatic heterocycles. The van der Waals surface area contributed by atoms with E-state index in [0.29, 0.717) is 56.3 Å². The molecule has 1 amide bonds. The third-order valence-corrected chi connectivity index (χ3v) is 10.4. The number of methoxy groups -OCH3 is 2. The number of carbonyl (C=O) groups is 2. The molecule has 8 heteroatoms. The van der Waals surface area contributed by atoms with E-state index in [2.05, 4.69) is 13.8 Å². The molecule has 3 unspecified atom stereocenters. The van der Waals surface area contributed by atoms with Gasteiger partial charge in [-0.15, -0.1) is 0 Å². The normalized spacial score (nSPS) is 23.4. The Morgan fingerprint density at radius 3 is 2.45 bits per heavy atom. The lowest BCUT2D eigenvalue weighted by Crippen LogP contribution is -2.41. The molecule has 226 valence electrons. The Kier molecular flexibility index (Phi) is 9.83. The number of rotatable bonds is 13. The fourth-order valence-corrected chi connectivity index (χ4v) is 8.31. The SMILES string of the molecule is COc1cc(OC)cc(-c2cc(CCCCC(=O)[C@@H](C)CC(C)C)c(/C=C3\SC(=S)N(C4CC5CCC4C5)C3=O)o2)c1. The fourth-order valence-electron chi connectivity index (χ4n) is 6.96. The fraction of sp³-hybridized carbons (Fsp3) is 0.559. The van der Waals surface area contributed by atoms with Crippen LogP contribution in [0.1, 0.15) is 83.5 Å². The highest BCUT2D eigenvalue weighted by Crippen LogP contribution is 2.49. The Hall–Kier alpha value is -2.58. The Morgan fingerprint density at radius 2 is 1.83 bits per heavy atom. The van der Waals surface area contributed by atoms with Crippen LogP contribution < -0.4 is 9.47 Å². The molecule has 2 heterocycles. The summed E-state index contributed by atoms with van der Waals surface area (Å²) in [5.41, 5.74) is 1.85. The second-order valence-corrected chi connectivity index (χ2v) is 14.3. The van der Waals surface area contributed by atoms with Gasteiger partial charge in [-0.1, -0.05) is 51.2 Å². The number of unbranched alkanes of at least 4 members (excludes halogenated alkanes) is 1. The minimum absolute atomic E-state index is 0.000707. The second kappa shape index (κ2) is 13.4. The molecule has 1 saturated heterocycles. The maximum atomic E-state index is 13.7. The number of ketones is 1. The summed E-state index contributed by atoms with van der Waals surface area (Å²) < 4.78 is 18.1. The van der Waals surface area contributed by atoms with E-state index in [1.54, 1.807) is 14.2 Å². The van der Waals surface area contributed by atoms with Crippen molar-refractivity contribution in [3.8, 4) is 22.8 Å². The van der Waals surface area contributed by atoms with Crippen LogP contribution in [0.5, 0.6) is 11.5 Å². The van der Waals surface area contributed by atoms with Crippen molar-refractivity contribution in [2.45, 2.75) is 84.6 Å². The summed E-state index contributed by atoms with van der Waals surface area (Å²) in [5, 5.41) is 0. The van der Waals surface area contributed by atoms with Crippen molar-refractivity contribution in [3.05, 3.63) is 40.5 Å². The lowest BCUT2D eigenvalue weighted by Gasteiger charge is -2.30. The van der Waals surface area contributed by atoms with E-state index < -0.39 is 0 Å². The number of thiocarbonyl (C=S) groups is 1. The third kappa shape index (κ3) is 6.80. The lowest BCUT2D eigenvalue weighted by atomic mass is 9.92. The smallest absolute Gasteiger partial charge is 0.266 e. The molecule has 0 radical (unpaired) electrons. The second-order valence-electron chi connectivity index (χ2n) is 12.6. The van der Waals surface area contributed by atoms with Crippen molar-refractivity contribution in [2.75, 3.05) is 14.2 Å². The highest BCUT2D eigenvalue weighted by Gasteiger charge is 2.48. The molecule has 6 nitrogen and oxygen atoms in total. The van der Waals surface area contributed by atoms with Crippen molar-refractivity contribution >= 4 is 46.1 Å². The van der Waals surface area contributed by atoms with Gasteiger partial charge < -0.3 is 13.9 Å². The number of furan rings is 1. The van der Waals surface area contributed by atoms with Gasteiger partial charge in [0.1, 0.15) is 33.1 Å². The maximum Gasteiger partial charge on any atom is 0.266 e. The van der Waals surface area contributed by atoms with Crippen LogP contribution in [0.15, 0.2) is 33.6 Å². The molecule has 4 atom stereocenters. The van der Waals surface area contributed by atoms with E-state index >= 15 is 0 Å². The van der Waals surface area contributed by atoms with Gasteiger partial charge in [0.25, 0.3) is 5.91 Å². The number of hydrogen-bond acceptors (Lipinski definition) is 7. The summed E-state index contributed by atoms with van der Waals surface area (Å²) in [6, 6.07) is 7.93. The van der Waals surface area contributed by atoms with Gasteiger partial charge in [-0.2, -0.15) is 0 Å². The van der Waals surface area contributed by atoms with Gasteiger partial charge in [-0.05, 0) is 86.5 Å². The van der Waals surface area contributed by atoms with Gasteiger partial charge in [0, 0.05) is 36.1 Å². The number of fused-ring (bicyclic) bond motifs is 2. The van der Waals surface area contributed by atoms with E-state index in [0.717, 1.165) is 49.1 Å². The molecule has 0 spiro atoms. The third-order valence-electron chi connectivity index (χ3n) is 9.09. The predicted octanol–water partition coefficient (Wildman–Crippen LogP) is 8.32. The zero-order valence-electron chi connectivity index (χ0n) is 25.4. The number of carbonyl (C=O) groups excluding carboxylic acids is 2. The Balaban J connectivity index is 1.37. The number of nitrogens with zero attached hydrogens (tertiary/aromatic N) is 1. The van der Waals surface area contributed by atoms with Crippen molar-refractivity contribution in [3.63, 3.8) is 0 Å². The molecular weight excluding hydrogens is 567 g/mol. The van der Waals surface area contributed by atoms with Gasteiger partial charge in [0.2, 0.25) is 0 Å². The summed E-state index contributed by atoms with van der Waals surface area (Å²) in [6.07, 6.45) is 10.6. The topological polar surface area (TPSA) is 69.0 Å². The van der Waals surface area contributed by atoms with Gasteiger partial charge in [0.05, 0.1) is 19.1 Å². The van der Waals surface area contributed by atoms with Crippen molar-refractivity contribution in [1.82, 2.24) is 4.90 Å². The number of ether oxygens (including phenoxy) is 2. The summed E-state index contributed by atoms with van der Waals surface area (Å²) in [4.78, 5) is 28.8. The van der Waals surface area contributed by atoms with Gasteiger partial charge in [0.15, 0.2) is 0 Å². The van der Waals surface area contributed by atoms with Crippen LogP contribution in [0.4, 0.5) is 0 Å². The first-order valence-corrected chi connectivity index (χ1v) is 16.5. The minimum Gasteiger partial charge on any atom is -0.497 e. The minimum atomic E-state index is -0.000707. The monoisotopic (exact) mass is 609 g/mol. The first kappa shape index (κ1) is 30.9. The highest BCUT2D eigenvalue weighted by atomic mass is 32.2. The zero-order valence-corrected chi connectivity index (χ0v) is 27.1. The molecule has 0 N–H and O–H groups in total. The van der Waals surface area contributed by atoms with Crippen LogP contribution in [0.3, 0.4) is 0 Å². The average molecular weight is 610 g/mol. The quantitative estimate of drug-likeness (QED) is 0.128. The number of aryl methyl sites for hydroxylation is 1. The molecule has 2 saturated carbocycles. The number of hydrogen-bond donors (Lipinski definition) is 0. The lowest BCUT2D eigenvalue weighted by molar-refractivity contribution is -0.124. The number of amides is 1. The first-order chi connectivity index (χ1) is 20.2. The molecule has 3 fully saturated rings. The summed E-state index contributed by atoms with van der Waals surface area (Å²) in [7, 11) is 3.25. The van der Waals surface area contributed by atoms with Crippen LogP contribution >= 0.6 is 24.0 Å². The van der Waals surface area contributed by atoms with E-state index in [9.17, 15) is 9.59 Å². The van der Waals surface area contributed by atoms with Crippen LogP contribution in [0.25, 0.3) is 17.4 Å². The predicted molar refractivity (Wildman–Crippen MR) is 173 cm³/mol. The van der Waals surface area contributed by atoms with Crippen molar-refractivity contribution in [1.29, 1.82) is 0 Å². The standard InChI is InChI=1S/C34H43NO5S2/c1-20(2)12-21(3)29(36)9-7-6-8-24-17-30(25-15-26(38-4)18-27(16-25)39-5)40-31(24)19-32-33(37)35(34(41)42-32)28-14-22-10-11-23(28)13-22/h15-23,28H,6-14H2,1-5H3/b32-19-/t21-,22?,23?,28?/m0/s1. The Morgan fingerprint density at radius 1 is 1.10 bits per heavy atom. The highest BCUT2D eigenvalue weighted by molar-refractivity contribution is 8.26.